The Balaban J connectivity index is 1.50. The Morgan fingerprint density at radius 1 is 1.00 bits per heavy atom. The Bertz CT molecular complexity index is 1500. The Morgan fingerprint density at radius 2 is 1.73 bits per heavy atom. The zero-order valence-corrected chi connectivity index (χ0v) is 21.6. The standard InChI is InChI=1S/C30H27FN2O7/c1-30-20(27(38)33(29(30)40)15-6-3-2-4-7-15)14-19-16(24(30)18-8-5-9-21(31)25(18)36)10-11-17-23(19)28(39)32(26(17)37)13-12-22(34)35/h2-10,17,19-20,23-24,36H,11-14H2,1H3,(H,34,35)/t17-,19+,20-,23-,24+,30+/m0/s1. The number of para-hydroxylation sites is 2. The second kappa shape index (κ2) is 9.11. The van der Waals surface area contributed by atoms with E-state index in [0.717, 1.165) is 15.9 Å². The van der Waals surface area contributed by atoms with Gasteiger partial charge in [0, 0.05) is 18.0 Å². The van der Waals surface area contributed by atoms with Crippen LogP contribution in [0.2, 0.25) is 0 Å². The van der Waals surface area contributed by atoms with Gasteiger partial charge in [-0.05, 0) is 43.9 Å². The van der Waals surface area contributed by atoms with E-state index < -0.39 is 76.2 Å². The minimum atomic E-state index is -1.40. The number of halogens is 1. The van der Waals surface area contributed by atoms with Crippen molar-refractivity contribution in [2.75, 3.05) is 11.4 Å². The lowest BCUT2D eigenvalue weighted by Gasteiger charge is -2.49. The van der Waals surface area contributed by atoms with E-state index in [9.17, 15) is 33.5 Å². The summed E-state index contributed by atoms with van der Waals surface area (Å²) in [5, 5.41) is 20.0. The highest BCUT2D eigenvalue weighted by Gasteiger charge is 2.67. The van der Waals surface area contributed by atoms with Crippen LogP contribution in [0, 0.1) is 34.9 Å². The van der Waals surface area contributed by atoms with Crippen molar-refractivity contribution in [1.29, 1.82) is 0 Å². The highest BCUT2D eigenvalue weighted by atomic mass is 19.1. The monoisotopic (exact) mass is 546 g/mol. The minimum Gasteiger partial charge on any atom is -0.505 e. The van der Waals surface area contributed by atoms with E-state index >= 15 is 0 Å². The van der Waals surface area contributed by atoms with Crippen LogP contribution in [-0.4, -0.2) is 51.3 Å². The van der Waals surface area contributed by atoms with Gasteiger partial charge in [0.25, 0.3) is 0 Å². The molecule has 2 N–H and O–H groups in total. The number of aliphatic carboxylic acids is 1. The predicted molar refractivity (Wildman–Crippen MR) is 138 cm³/mol. The van der Waals surface area contributed by atoms with E-state index in [1.807, 2.05) is 0 Å². The molecule has 0 bridgehead atoms. The average Bonchev–Trinajstić information content (AvgIpc) is 3.29. The molecule has 2 aliphatic carbocycles. The molecule has 0 unspecified atom stereocenters. The number of carbonyl (C=O) groups is 5. The molecule has 9 nitrogen and oxygen atoms in total. The number of benzene rings is 2. The van der Waals surface area contributed by atoms with E-state index in [1.54, 1.807) is 43.3 Å². The number of amides is 4. The maximum Gasteiger partial charge on any atom is 0.305 e. The van der Waals surface area contributed by atoms with Crippen molar-refractivity contribution in [3.8, 4) is 5.75 Å². The summed E-state index contributed by atoms with van der Waals surface area (Å²) < 4.78 is 14.7. The Hall–Kier alpha value is -4.34. The van der Waals surface area contributed by atoms with Crippen LogP contribution in [0.3, 0.4) is 0 Å². The fourth-order valence-electron chi connectivity index (χ4n) is 7.44. The number of fused-ring (bicyclic) bond motifs is 4. The summed E-state index contributed by atoms with van der Waals surface area (Å²) in [5.41, 5.74) is -0.269. The Kier molecular flexibility index (Phi) is 5.90. The summed E-state index contributed by atoms with van der Waals surface area (Å²) in [6, 6.07) is 12.5. The van der Waals surface area contributed by atoms with E-state index in [1.165, 1.54) is 12.1 Å². The van der Waals surface area contributed by atoms with Gasteiger partial charge in [0.15, 0.2) is 11.6 Å². The number of carbonyl (C=O) groups excluding carboxylic acids is 4. The molecule has 0 radical (unpaired) electrons. The molecule has 2 heterocycles. The summed E-state index contributed by atoms with van der Waals surface area (Å²) in [6.45, 7) is 1.40. The number of allylic oxidation sites excluding steroid dienone is 2. The van der Waals surface area contributed by atoms with Crippen LogP contribution < -0.4 is 4.90 Å². The van der Waals surface area contributed by atoms with Crippen LogP contribution >= 0.6 is 0 Å². The molecule has 10 heteroatoms. The second-order valence-corrected chi connectivity index (χ2v) is 11.1. The molecule has 4 amide bonds. The molecular formula is C30H27FN2O7. The number of phenolic OH excluding ortho intramolecular Hbond substituents is 1. The first kappa shape index (κ1) is 25.9. The number of likely N-dealkylation sites (tertiary alicyclic amines) is 1. The van der Waals surface area contributed by atoms with Crippen molar-refractivity contribution in [1.82, 2.24) is 4.90 Å². The Labute approximate surface area is 228 Å². The number of anilines is 1. The van der Waals surface area contributed by atoms with E-state index in [0.29, 0.717) is 11.3 Å². The van der Waals surface area contributed by atoms with Gasteiger partial charge in [-0.25, -0.2) is 9.29 Å². The molecule has 40 heavy (non-hydrogen) atoms. The Morgan fingerprint density at radius 3 is 2.42 bits per heavy atom. The number of phenols is 1. The summed E-state index contributed by atoms with van der Waals surface area (Å²) in [6.07, 6.45) is 1.68. The largest absolute Gasteiger partial charge is 0.505 e. The highest BCUT2D eigenvalue weighted by molar-refractivity contribution is 6.24. The van der Waals surface area contributed by atoms with Gasteiger partial charge in [0.2, 0.25) is 23.6 Å². The van der Waals surface area contributed by atoms with Gasteiger partial charge in [0.05, 0.1) is 35.3 Å². The van der Waals surface area contributed by atoms with Crippen LogP contribution in [0.1, 0.15) is 37.7 Å². The summed E-state index contributed by atoms with van der Waals surface area (Å²) >= 11 is 0. The SMILES string of the molecule is C[C@@]12C(=O)N(c3ccccc3)C(=O)[C@@H]1C[C@@H]1C(=CC[C@@H]3C(=O)N(CCC(=O)O)C(=O)[C@@H]31)[C@@H]2c1cccc(F)c1O. The van der Waals surface area contributed by atoms with Crippen LogP contribution in [0.4, 0.5) is 10.1 Å². The number of carboxylic acid groups (broad SMARTS) is 1. The minimum absolute atomic E-state index is 0.107. The maximum absolute atomic E-state index is 14.7. The van der Waals surface area contributed by atoms with E-state index in [-0.39, 0.29) is 31.4 Å². The number of hydrogen-bond donors (Lipinski definition) is 2. The number of nitrogens with zero attached hydrogens (tertiary/aromatic N) is 2. The number of aromatic hydroxyl groups is 1. The molecule has 2 aromatic carbocycles. The number of imide groups is 2. The van der Waals surface area contributed by atoms with Gasteiger partial charge in [0.1, 0.15) is 0 Å². The van der Waals surface area contributed by atoms with Gasteiger partial charge < -0.3 is 10.2 Å². The van der Waals surface area contributed by atoms with Crippen molar-refractivity contribution in [2.24, 2.45) is 29.1 Å². The summed E-state index contributed by atoms with van der Waals surface area (Å²) in [4.78, 5) is 68.2. The summed E-state index contributed by atoms with van der Waals surface area (Å²) in [5.74, 6) is -8.61. The lowest BCUT2D eigenvalue weighted by atomic mass is 9.51. The quantitative estimate of drug-likeness (QED) is 0.435. The zero-order valence-electron chi connectivity index (χ0n) is 21.6. The zero-order chi connectivity index (χ0) is 28.5. The van der Waals surface area contributed by atoms with Crippen molar-refractivity contribution >= 4 is 35.3 Å². The first-order chi connectivity index (χ1) is 19.1. The van der Waals surface area contributed by atoms with Gasteiger partial charge >= 0.3 is 5.97 Å². The van der Waals surface area contributed by atoms with E-state index in [2.05, 4.69) is 0 Å². The third-order valence-corrected chi connectivity index (χ3v) is 9.26. The topological polar surface area (TPSA) is 132 Å². The molecule has 0 spiro atoms. The maximum atomic E-state index is 14.7. The average molecular weight is 547 g/mol. The second-order valence-electron chi connectivity index (χ2n) is 11.1. The molecule has 4 aliphatic rings. The smallest absolute Gasteiger partial charge is 0.305 e. The molecule has 6 atom stereocenters. The lowest BCUT2D eigenvalue weighted by molar-refractivity contribution is -0.142. The van der Waals surface area contributed by atoms with Crippen LogP contribution in [0.5, 0.6) is 5.75 Å². The number of rotatable bonds is 5. The lowest BCUT2D eigenvalue weighted by Crippen LogP contribution is -2.49. The van der Waals surface area contributed by atoms with Crippen LogP contribution in [0.25, 0.3) is 0 Å². The third kappa shape index (κ3) is 3.47. The highest BCUT2D eigenvalue weighted by Crippen LogP contribution is 2.64. The fourth-order valence-corrected chi connectivity index (χ4v) is 7.44. The third-order valence-electron chi connectivity index (χ3n) is 9.26. The molecule has 3 fully saturated rings. The molecule has 1 saturated carbocycles. The number of carboxylic acids is 1. The van der Waals surface area contributed by atoms with Gasteiger partial charge in [-0.3, -0.25) is 28.9 Å². The summed E-state index contributed by atoms with van der Waals surface area (Å²) in [7, 11) is 0. The van der Waals surface area contributed by atoms with Gasteiger partial charge in [-0.2, -0.15) is 0 Å². The van der Waals surface area contributed by atoms with Crippen LogP contribution in [0.15, 0.2) is 60.2 Å². The van der Waals surface area contributed by atoms with Crippen molar-refractivity contribution < 1.29 is 38.6 Å². The van der Waals surface area contributed by atoms with Crippen molar-refractivity contribution in [2.45, 2.75) is 32.1 Å². The predicted octanol–water partition coefficient (Wildman–Crippen LogP) is 3.24. The molecule has 0 aromatic heterocycles. The molecule has 6 rings (SSSR count). The molecular weight excluding hydrogens is 519 g/mol. The first-order valence-corrected chi connectivity index (χ1v) is 13.2. The first-order valence-electron chi connectivity index (χ1n) is 13.2. The normalized spacial score (nSPS) is 31.1. The molecule has 2 aromatic rings. The molecule has 2 saturated heterocycles. The van der Waals surface area contributed by atoms with E-state index in [4.69, 9.17) is 5.11 Å². The van der Waals surface area contributed by atoms with Crippen LogP contribution in [-0.2, 0) is 24.0 Å². The molecule has 2 aliphatic heterocycles. The fraction of sp³-hybridized carbons (Fsp3) is 0.367. The molecule has 206 valence electrons. The van der Waals surface area contributed by atoms with Gasteiger partial charge in [-0.1, -0.05) is 42.0 Å². The van der Waals surface area contributed by atoms with Gasteiger partial charge in [-0.15, -0.1) is 0 Å². The van der Waals surface area contributed by atoms with Crippen molar-refractivity contribution in [3.63, 3.8) is 0 Å². The van der Waals surface area contributed by atoms with Crippen molar-refractivity contribution in [3.05, 3.63) is 71.6 Å². The number of hydrogen-bond acceptors (Lipinski definition) is 6.